The Balaban J connectivity index is 3.26. The zero-order chi connectivity index (χ0) is 8.69. The number of hydrogen-bond donors (Lipinski definition) is 2. The Bertz CT molecular complexity index is 114. The minimum atomic E-state index is -0.408. The van der Waals surface area contributed by atoms with E-state index in [1.807, 2.05) is 0 Å². The number of rotatable bonds is 6. The van der Waals surface area contributed by atoms with E-state index in [2.05, 4.69) is 0 Å². The van der Waals surface area contributed by atoms with E-state index in [-0.39, 0.29) is 0 Å². The van der Waals surface area contributed by atoms with Crippen LogP contribution in [0.1, 0.15) is 19.3 Å². The molecule has 0 aliphatic rings. The molecule has 0 rings (SSSR count). The normalized spacial score (nSPS) is 15.5. The first-order chi connectivity index (χ1) is 5.20. The highest BCUT2D eigenvalue weighted by molar-refractivity contribution is 5.57. The number of nitrogens with two attached hydrogens (primary N) is 2. The van der Waals surface area contributed by atoms with Gasteiger partial charge in [-0.25, -0.2) is 0 Å². The maximum atomic E-state index is 10.0. The molecule has 2 unspecified atom stereocenters. The summed E-state index contributed by atoms with van der Waals surface area (Å²) in [4.78, 5) is 20.0. The van der Waals surface area contributed by atoms with E-state index in [9.17, 15) is 9.59 Å². The van der Waals surface area contributed by atoms with Gasteiger partial charge in [0, 0.05) is 0 Å². The van der Waals surface area contributed by atoms with Crippen molar-refractivity contribution in [2.75, 3.05) is 0 Å². The van der Waals surface area contributed by atoms with Crippen molar-refractivity contribution in [3.8, 4) is 0 Å². The van der Waals surface area contributed by atoms with E-state index in [0.29, 0.717) is 25.4 Å². The Kier molecular flexibility index (Phi) is 5.60. The van der Waals surface area contributed by atoms with Gasteiger partial charge >= 0.3 is 0 Å². The lowest BCUT2D eigenvalue weighted by molar-refractivity contribution is -0.109. The van der Waals surface area contributed by atoms with Gasteiger partial charge < -0.3 is 21.1 Å². The average Bonchev–Trinajstić information content (AvgIpc) is 2.04. The molecule has 2 atom stereocenters. The van der Waals surface area contributed by atoms with Crippen molar-refractivity contribution in [1.29, 1.82) is 0 Å². The van der Waals surface area contributed by atoms with E-state index >= 15 is 0 Å². The fourth-order valence-corrected chi connectivity index (χ4v) is 0.725. The second-order valence-electron chi connectivity index (χ2n) is 2.53. The van der Waals surface area contributed by atoms with Crippen LogP contribution in [0, 0.1) is 0 Å². The molecule has 0 aromatic rings. The molecule has 0 saturated heterocycles. The van der Waals surface area contributed by atoms with Gasteiger partial charge in [-0.15, -0.1) is 0 Å². The lowest BCUT2D eigenvalue weighted by Crippen LogP contribution is -2.24. The van der Waals surface area contributed by atoms with Gasteiger partial charge in [0.1, 0.15) is 12.6 Å². The molecule has 0 fully saturated rings. The molecule has 0 aromatic carbocycles. The van der Waals surface area contributed by atoms with Crippen LogP contribution in [0.3, 0.4) is 0 Å². The van der Waals surface area contributed by atoms with Crippen LogP contribution in [0.2, 0.25) is 0 Å². The SMILES string of the molecule is NC(C=O)CCCC(N)C=O. The molecule has 0 heterocycles. The lowest BCUT2D eigenvalue weighted by Gasteiger charge is -2.04. The summed E-state index contributed by atoms with van der Waals surface area (Å²) in [6.45, 7) is 0. The Labute approximate surface area is 65.9 Å². The second-order valence-corrected chi connectivity index (χ2v) is 2.53. The van der Waals surface area contributed by atoms with Crippen molar-refractivity contribution in [3.63, 3.8) is 0 Å². The topological polar surface area (TPSA) is 86.2 Å². The minimum Gasteiger partial charge on any atom is -0.322 e. The Morgan fingerprint density at radius 3 is 1.64 bits per heavy atom. The van der Waals surface area contributed by atoms with Gasteiger partial charge in [0.15, 0.2) is 0 Å². The van der Waals surface area contributed by atoms with Gasteiger partial charge in [-0.2, -0.15) is 0 Å². The van der Waals surface area contributed by atoms with Gasteiger partial charge in [-0.3, -0.25) is 0 Å². The molecule has 64 valence electrons. The molecule has 4 N–H and O–H groups in total. The van der Waals surface area contributed by atoms with Crippen molar-refractivity contribution >= 4 is 12.6 Å². The maximum Gasteiger partial charge on any atom is 0.136 e. The quantitative estimate of drug-likeness (QED) is 0.496. The Hall–Kier alpha value is -0.740. The van der Waals surface area contributed by atoms with Crippen molar-refractivity contribution < 1.29 is 9.59 Å². The standard InChI is InChI=1S/C7H14N2O2/c8-6(4-10)2-1-3-7(9)5-11/h4-7H,1-3,8-9H2. The molecule has 4 heteroatoms. The van der Waals surface area contributed by atoms with Crippen LogP contribution in [0.5, 0.6) is 0 Å². The molecule has 0 radical (unpaired) electrons. The maximum absolute atomic E-state index is 10.0. The van der Waals surface area contributed by atoms with Gasteiger partial charge in [0.2, 0.25) is 0 Å². The highest BCUT2D eigenvalue weighted by Crippen LogP contribution is 1.98. The summed E-state index contributed by atoms with van der Waals surface area (Å²) in [6, 6.07) is -0.817. The summed E-state index contributed by atoms with van der Waals surface area (Å²) >= 11 is 0. The third kappa shape index (κ3) is 5.69. The van der Waals surface area contributed by atoms with Crippen LogP contribution in [0.25, 0.3) is 0 Å². The van der Waals surface area contributed by atoms with Crippen molar-refractivity contribution in [3.05, 3.63) is 0 Å². The first-order valence-corrected chi connectivity index (χ1v) is 3.62. The Morgan fingerprint density at radius 2 is 1.36 bits per heavy atom. The molecule has 0 amide bonds. The number of carbonyl (C=O) groups excluding carboxylic acids is 2. The van der Waals surface area contributed by atoms with Crippen molar-refractivity contribution in [1.82, 2.24) is 0 Å². The fraction of sp³-hybridized carbons (Fsp3) is 0.714. The number of aldehydes is 2. The molecule has 4 nitrogen and oxygen atoms in total. The predicted octanol–water partition coefficient (Wildman–Crippen LogP) is -0.791. The third-order valence-electron chi connectivity index (χ3n) is 1.42. The van der Waals surface area contributed by atoms with Crippen molar-refractivity contribution in [2.24, 2.45) is 11.5 Å². The largest absolute Gasteiger partial charge is 0.322 e. The van der Waals surface area contributed by atoms with Gasteiger partial charge in [-0.05, 0) is 19.3 Å². The smallest absolute Gasteiger partial charge is 0.136 e. The number of carbonyl (C=O) groups is 2. The monoisotopic (exact) mass is 158 g/mol. The molecule has 0 saturated carbocycles. The summed E-state index contributed by atoms with van der Waals surface area (Å²) in [5.41, 5.74) is 10.6. The van der Waals surface area contributed by atoms with E-state index in [1.54, 1.807) is 0 Å². The lowest BCUT2D eigenvalue weighted by atomic mass is 10.1. The summed E-state index contributed by atoms with van der Waals surface area (Å²) in [5.74, 6) is 0. The van der Waals surface area contributed by atoms with E-state index in [4.69, 9.17) is 11.5 Å². The molecular weight excluding hydrogens is 144 g/mol. The van der Waals surface area contributed by atoms with Gasteiger partial charge in [0.25, 0.3) is 0 Å². The molecule has 0 aromatic heterocycles. The van der Waals surface area contributed by atoms with Crippen LogP contribution in [0.4, 0.5) is 0 Å². The summed E-state index contributed by atoms with van der Waals surface area (Å²) in [7, 11) is 0. The van der Waals surface area contributed by atoms with Crippen LogP contribution >= 0.6 is 0 Å². The fourth-order valence-electron chi connectivity index (χ4n) is 0.725. The molecule has 0 spiro atoms. The van der Waals surface area contributed by atoms with Crippen LogP contribution in [0.15, 0.2) is 0 Å². The Morgan fingerprint density at radius 1 is 1.00 bits per heavy atom. The molecule has 0 aliphatic carbocycles. The first kappa shape index (κ1) is 10.3. The van der Waals surface area contributed by atoms with Gasteiger partial charge in [0.05, 0.1) is 12.1 Å². The van der Waals surface area contributed by atoms with Crippen LogP contribution < -0.4 is 11.5 Å². The highest BCUT2D eigenvalue weighted by Gasteiger charge is 2.02. The van der Waals surface area contributed by atoms with Crippen LogP contribution in [-0.4, -0.2) is 24.7 Å². The minimum absolute atomic E-state index is 0.408. The van der Waals surface area contributed by atoms with E-state index in [1.165, 1.54) is 0 Å². The molecule has 0 bridgehead atoms. The second kappa shape index (κ2) is 6.00. The highest BCUT2D eigenvalue weighted by atomic mass is 16.1. The summed E-state index contributed by atoms with van der Waals surface area (Å²) in [5, 5.41) is 0. The zero-order valence-electron chi connectivity index (χ0n) is 6.40. The molecular formula is C7H14N2O2. The molecule has 11 heavy (non-hydrogen) atoms. The van der Waals surface area contributed by atoms with Crippen molar-refractivity contribution in [2.45, 2.75) is 31.3 Å². The predicted molar refractivity (Wildman–Crippen MR) is 41.9 cm³/mol. The number of hydrogen-bond acceptors (Lipinski definition) is 4. The molecule has 0 aliphatic heterocycles. The average molecular weight is 158 g/mol. The van der Waals surface area contributed by atoms with Gasteiger partial charge in [-0.1, -0.05) is 0 Å². The zero-order valence-corrected chi connectivity index (χ0v) is 6.40. The van der Waals surface area contributed by atoms with E-state index in [0.717, 1.165) is 6.42 Å². The van der Waals surface area contributed by atoms with E-state index < -0.39 is 12.1 Å². The summed E-state index contributed by atoms with van der Waals surface area (Å²) in [6.07, 6.45) is 3.33. The van der Waals surface area contributed by atoms with Crippen LogP contribution in [-0.2, 0) is 9.59 Å². The summed E-state index contributed by atoms with van der Waals surface area (Å²) < 4.78 is 0. The third-order valence-corrected chi connectivity index (χ3v) is 1.42. The first-order valence-electron chi connectivity index (χ1n) is 3.62.